The van der Waals surface area contributed by atoms with Gasteiger partial charge in [-0.25, -0.2) is 4.79 Å². The summed E-state index contributed by atoms with van der Waals surface area (Å²) in [6, 6.07) is 9.67. The van der Waals surface area contributed by atoms with E-state index in [1.54, 1.807) is 6.07 Å². The zero-order valence-electron chi connectivity index (χ0n) is 10.8. The minimum Gasteiger partial charge on any atom is -0.477 e. The van der Waals surface area contributed by atoms with Crippen LogP contribution in [0.5, 0.6) is 0 Å². The number of rotatable bonds is 3. The second-order valence-electron chi connectivity index (χ2n) is 4.62. The lowest BCUT2D eigenvalue weighted by Crippen LogP contribution is -1.98. The zero-order chi connectivity index (χ0) is 14.3. The fraction of sp³-hybridized carbons (Fsp3) is 0.133. The van der Waals surface area contributed by atoms with Gasteiger partial charge in [-0.2, -0.15) is 0 Å². The van der Waals surface area contributed by atoms with E-state index in [2.05, 4.69) is 4.57 Å². The molecule has 2 aromatic heterocycles. The summed E-state index contributed by atoms with van der Waals surface area (Å²) in [4.78, 5) is 12.4. The lowest BCUT2D eigenvalue weighted by Gasteiger charge is -2.04. The van der Waals surface area contributed by atoms with Gasteiger partial charge in [0.1, 0.15) is 4.88 Å². The molecule has 1 N–H and O–H groups in total. The first-order chi connectivity index (χ1) is 9.56. The highest BCUT2D eigenvalue weighted by molar-refractivity contribution is 7.14. The monoisotopic (exact) mass is 305 g/mol. The quantitative estimate of drug-likeness (QED) is 0.778. The molecule has 0 amide bonds. The molecule has 5 heteroatoms. The number of aromatic carboxylic acids is 1. The number of fused-ring (bicyclic) bond motifs is 1. The molecular formula is C15H12ClNO2S. The molecule has 0 bridgehead atoms. The Labute approximate surface area is 125 Å². The molecule has 3 nitrogen and oxygen atoms in total. The third-order valence-corrected chi connectivity index (χ3v) is 4.69. The normalized spacial score (nSPS) is 11.1. The molecule has 0 fully saturated rings. The number of nitrogens with zero attached hydrogens (tertiary/aromatic N) is 1. The van der Waals surface area contributed by atoms with Crippen molar-refractivity contribution in [2.75, 3.05) is 0 Å². The number of carbonyl (C=O) groups is 1. The van der Waals surface area contributed by atoms with Gasteiger partial charge >= 0.3 is 5.97 Å². The van der Waals surface area contributed by atoms with Crippen molar-refractivity contribution in [2.45, 2.75) is 13.5 Å². The van der Waals surface area contributed by atoms with Crippen LogP contribution in [0.15, 0.2) is 36.5 Å². The Kier molecular flexibility index (Phi) is 3.28. The maximum atomic E-state index is 11.0. The second kappa shape index (κ2) is 4.96. The van der Waals surface area contributed by atoms with Crippen molar-refractivity contribution in [3.05, 3.63) is 56.9 Å². The third kappa shape index (κ3) is 2.21. The van der Waals surface area contributed by atoms with Gasteiger partial charge in [0, 0.05) is 28.5 Å². The van der Waals surface area contributed by atoms with Crippen LogP contribution in [0.1, 0.15) is 20.1 Å². The molecule has 0 saturated carbocycles. The lowest BCUT2D eigenvalue weighted by molar-refractivity contribution is 0.0702. The Hall–Kier alpha value is -1.78. The number of thiophene rings is 1. The molecule has 0 aliphatic carbocycles. The molecule has 3 rings (SSSR count). The molecule has 0 spiro atoms. The first-order valence-electron chi connectivity index (χ1n) is 6.12. The molecule has 102 valence electrons. The molecule has 3 aromatic rings. The molecule has 20 heavy (non-hydrogen) atoms. The highest BCUT2D eigenvalue weighted by atomic mass is 35.5. The van der Waals surface area contributed by atoms with Crippen molar-refractivity contribution in [1.29, 1.82) is 0 Å². The average Bonchev–Trinajstić information content (AvgIpc) is 2.93. The van der Waals surface area contributed by atoms with E-state index in [4.69, 9.17) is 16.7 Å². The Morgan fingerprint density at radius 1 is 1.40 bits per heavy atom. The van der Waals surface area contributed by atoms with Crippen LogP contribution >= 0.6 is 22.9 Å². The minimum absolute atomic E-state index is 0.375. The summed E-state index contributed by atoms with van der Waals surface area (Å²) >= 11 is 7.54. The summed E-state index contributed by atoms with van der Waals surface area (Å²) in [5.74, 6) is -0.875. The van der Waals surface area contributed by atoms with E-state index in [0.29, 0.717) is 16.4 Å². The van der Waals surface area contributed by atoms with E-state index in [1.807, 2.05) is 37.4 Å². The van der Waals surface area contributed by atoms with E-state index in [0.717, 1.165) is 21.3 Å². The van der Waals surface area contributed by atoms with Crippen molar-refractivity contribution in [3.63, 3.8) is 0 Å². The number of halogens is 1. The highest BCUT2D eigenvalue weighted by Gasteiger charge is 2.13. The van der Waals surface area contributed by atoms with Crippen LogP contribution in [0, 0.1) is 6.92 Å². The van der Waals surface area contributed by atoms with Gasteiger partial charge in [-0.15, -0.1) is 11.3 Å². The number of aryl methyl sites for hydroxylation is 1. The van der Waals surface area contributed by atoms with Crippen molar-refractivity contribution < 1.29 is 9.90 Å². The molecule has 0 unspecified atom stereocenters. The minimum atomic E-state index is -0.875. The molecule has 0 aliphatic heterocycles. The predicted octanol–water partition coefficient (Wildman–Crippen LogP) is 4.41. The molecule has 0 aliphatic rings. The van der Waals surface area contributed by atoms with E-state index < -0.39 is 5.97 Å². The number of para-hydroxylation sites is 1. The van der Waals surface area contributed by atoms with Crippen LogP contribution in [-0.4, -0.2) is 15.6 Å². The van der Waals surface area contributed by atoms with Crippen LogP contribution in [0.25, 0.3) is 10.9 Å². The summed E-state index contributed by atoms with van der Waals surface area (Å²) in [5, 5.41) is 10.8. The van der Waals surface area contributed by atoms with Gasteiger partial charge < -0.3 is 9.67 Å². The van der Waals surface area contributed by atoms with Crippen LogP contribution < -0.4 is 0 Å². The predicted molar refractivity (Wildman–Crippen MR) is 82.1 cm³/mol. The maximum Gasteiger partial charge on any atom is 0.345 e. The highest BCUT2D eigenvalue weighted by Crippen LogP contribution is 2.28. The van der Waals surface area contributed by atoms with Crippen LogP contribution in [0.4, 0.5) is 0 Å². The molecule has 0 atom stereocenters. The topological polar surface area (TPSA) is 42.2 Å². The second-order valence-corrected chi connectivity index (χ2v) is 6.28. The molecule has 1 aromatic carbocycles. The zero-order valence-corrected chi connectivity index (χ0v) is 12.3. The van der Waals surface area contributed by atoms with E-state index in [9.17, 15) is 4.79 Å². The van der Waals surface area contributed by atoms with Gasteiger partial charge in [0.15, 0.2) is 0 Å². The van der Waals surface area contributed by atoms with Crippen LogP contribution in [-0.2, 0) is 6.54 Å². The molecular weight excluding hydrogens is 294 g/mol. The number of hydrogen-bond acceptors (Lipinski definition) is 2. The summed E-state index contributed by atoms with van der Waals surface area (Å²) < 4.78 is 2.05. The lowest BCUT2D eigenvalue weighted by atomic mass is 10.2. The van der Waals surface area contributed by atoms with Crippen molar-refractivity contribution in [1.82, 2.24) is 4.57 Å². The van der Waals surface area contributed by atoms with E-state index >= 15 is 0 Å². The number of hydrogen-bond donors (Lipinski definition) is 1. The Balaban J connectivity index is 2.03. The number of carboxylic acids is 1. The number of benzene rings is 1. The molecule has 2 heterocycles. The summed E-state index contributed by atoms with van der Waals surface area (Å²) in [6.45, 7) is 2.57. The van der Waals surface area contributed by atoms with Gasteiger partial charge in [-0.1, -0.05) is 29.8 Å². The van der Waals surface area contributed by atoms with Gasteiger partial charge in [0.2, 0.25) is 0 Å². The Bertz CT molecular complexity index is 803. The van der Waals surface area contributed by atoms with E-state index in [1.165, 1.54) is 11.3 Å². The van der Waals surface area contributed by atoms with E-state index in [-0.39, 0.29) is 0 Å². The maximum absolute atomic E-state index is 11.0. The van der Waals surface area contributed by atoms with Crippen molar-refractivity contribution in [2.24, 2.45) is 0 Å². The largest absolute Gasteiger partial charge is 0.477 e. The third-order valence-electron chi connectivity index (χ3n) is 3.31. The molecule has 0 saturated heterocycles. The van der Waals surface area contributed by atoms with Gasteiger partial charge in [0.05, 0.1) is 5.02 Å². The van der Waals surface area contributed by atoms with Crippen LogP contribution in [0.2, 0.25) is 5.02 Å². The SMILES string of the molecule is Cc1sc(C(=O)O)cc1Cn1cc(Cl)c2ccccc21. The fourth-order valence-electron chi connectivity index (χ4n) is 2.30. The summed E-state index contributed by atoms with van der Waals surface area (Å²) in [7, 11) is 0. The van der Waals surface area contributed by atoms with Crippen molar-refractivity contribution >= 4 is 39.8 Å². The molecule has 0 radical (unpaired) electrons. The van der Waals surface area contributed by atoms with Crippen molar-refractivity contribution in [3.8, 4) is 0 Å². The summed E-state index contributed by atoms with van der Waals surface area (Å²) in [5.41, 5.74) is 2.07. The van der Waals surface area contributed by atoms with Gasteiger partial charge in [0.25, 0.3) is 0 Å². The average molecular weight is 306 g/mol. The van der Waals surface area contributed by atoms with Gasteiger partial charge in [-0.3, -0.25) is 0 Å². The fourth-order valence-corrected chi connectivity index (χ4v) is 3.45. The number of aromatic nitrogens is 1. The standard InChI is InChI=1S/C15H12ClNO2S/c1-9-10(6-14(20-9)15(18)19)7-17-8-12(16)11-4-2-3-5-13(11)17/h2-6,8H,7H2,1H3,(H,18,19). The number of carboxylic acid groups (broad SMARTS) is 1. The van der Waals surface area contributed by atoms with Crippen LogP contribution in [0.3, 0.4) is 0 Å². The first-order valence-corrected chi connectivity index (χ1v) is 7.31. The Morgan fingerprint density at radius 3 is 2.85 bits per heavy atom. The Morgan fingerprint density at radius 2 is 2.15 bits per heavy atom. The smallest absolute Gasteiger partial charge is 0.345 e. The first kappa shape index (κ1) is 13.2. The van der Waals surface area contributed by atoms with Gasteiger partial charge in [-0.05, 0) is 24.6 Å². The summed E-state index contributed by atoms with van der Waals surface area (Å²) in [6.07, 6.45) is 1.89.